The molecule has 2 aromatic rings. The lowest BCUT2D eigenvalue weighted by molar-refractivity contribution is 0.195. The molecule has 4 heteroatoms. The number of hydrogen-bond acceptors (Lipinski definition) is 4. The van der Waals surface area contributed by atoms with Crippen molar-refractivity contribution >= 4 is 23.1 Å². The van der Waals surface area contributed by atoms with Gasteiger partial charge in [-0.3, -0.25) is 0 Å². The van der Waals surface area contributed by atoms with Crippen LogP contribution in [0.3, 0.4) is 0 Å². The Morgan fingerprint density at radius 2 is 2.27 bits per heavy atom. The molecule has 0 aliphatic carbocycles. The van der Waals surface area contributed by atoms with Crippen molar-refractivity contribution in [3.8, 4) is 0 Å². The van der Waals surface area contributed by atoms with E-state index in [1.54, 1.807) is 36.2 Å². The summed E-state index contributed by atoms with van der Waals surface area (Å²) in [6.07, 6.45) is 1.28. The van der Waals surface area contributed by atoms with E-state index in [1.165, 1.54) is 4.21 Å². The molecule has 0 aliphatic heterocycles. The Kier molecular flexibility index (Phi) is 3.41. The maximum absolute atomic E-state index is 9.58. The third-order valence-electron chi connectivity index (χ3n) is 1.94. The van der Waals surface area contributed by atoms with Crippen molar-refractivity contribution in [2.24, 2.45) is 0 Å². The van der Waals surface area contributed by atoms with Crippen LogP contribution in [-0.2, 0) is 0 Å². The zero-order valence-corrected chi connectivity index (χ0v) is 9.89. The van der Waals surface area contributed by atoms with E-state index < -0.39 is 6.10 Å². The maximum atomic E-state index is 9.58. The molecule has 1 N–H and O–H groups in total. The second kappa shape index (κ2) is 4.79. The number of pyridine rings is 1. The van der Waals surface area contributed by atoms with Crippen LogP contribution in [-0.4, -0.2) is 10.1 Å². The number of aliphatic hydroxyl groups is 1. The Labute approximate surface area is 97.0 Å². The summed E-state index contributed by atoms with van der Waals surface area (Å²) >= 11 is 3.28. The molecule has 2 heterocycles. The summed E-state index contributed by atoms with van der Waals surface area (Å²) in [4.78, 5) is 4.28. The van der Waals surface area contributed by atoms with Crippen LogP contribution in [0.5, 0.6) is 0 Å². The summed E-state index contributed by atoms with van der Waals surface area (Å²) in [6, 6.07) is 7.82. The summed E-state index contributed by atoms with van der Waals surface area (Å²) in [7, 11) is 0. The number of aliphatic hydroxyl groups excluding tert-OH is 1. The number of nitrogens with zero attached hydrogens (tertiary/aromatic N) is 1. The molecule has 0 saturated heterocycles. The SMILES string of the molecule is CC(O)c1cccnc1Sc1cccs1. The van der Waals surface area contributed by atoms with Gasteiger partial charge >= 0.3 is 0 Å². The van der Waals surface area contributed by atoms with Gasteiger partial charge < -0.3 is 5.11 Å². The van der Waals surface area contributed by atoms with Crippen molar-refractivity contribution < 1.29 is 5.11 Å². The van der Waals surface area contributed by atoms with Gasteiger partial charge in [-0.15, -0.1) is 11.3 Å². The highest BCUT2D eigenvalue weighted by Gasteiger charge is 2.09. The second-order valence-electron chi connectivity index (χ2n) is 3.11. The summed E-state index contributed by atoms with van der Waals surface area (Å²) in [6.45, 7) is 1.76. The van der Waals surface area contributed by atoms with Crippen molar-refractivity contribution in [3.63, 3.8) is 0 Å². The van der Waals surface area contributed by atoms with Crippen molar-refractivity contribution in [2.45, 2.75) is 22.3 Å². The van der Waals surface area contributed by atoms with E-state index in [9.17, 15) is 5.11 Å². The first-order valence-corrected chi connectivity index (χ1v) is 6.31. The van der Waals surface area contributed by atoms with Gasteiger partial charge in [0.25, 0.3) is 0 Å². The first kappa shape index (κ1) is 10.7. The van der Waals surface area contributed by atoms with Gasteiger partial charge in [-0.2, -0.15) is 0 Å². The smallest absolute Gasteiger partial charge is 0.107 e. The van der Waals surface area contributed by atoms with E-state index in [-0.39, 0.29) is 0 Å². The first-order valence-electron chi connectivity index (χ1n) is 4.61. The summed E-state index contributed by atoms with van der Waals surface area (Å²) < 4.78 is 1.19. The van der Waals surface area contributed by atoms with Gasteiger partial charge in [0.2, 0.25) is 0 Å². The van der Waals surface area contributed by atoms with Crippen molar-refractivity contribution in [1.29, 1.82) is 0 Å². The topological polar surface area (TPSA) is 33.1 Å². The van der Waals surface area contributed by atoms with Gasteiger partial charge in [0, 0.05) is 11.8 Å². The molecule has 0 fully saturated rings. The predicted molar refractivity (Wildman–Crippen MR) is 63.3 cm³/mol. The Morgan fingerprint density at radius 3 is 2.93 bits per heavy atom. The molecule has 78 valence electrons. The van der Waals surface area contributed by atoms with E-state index in [1.807, 2.05) is 23.6 Å². The fourth-order valence-electron chi connectivity index (χ4n) is 1.22. The van der Waals surface area contributed by atoms with Crippen LogP contribution >= 0.6 is 23.1 Å². The summed E-state index contributed by atoms with van der Waals surface area (Å²) in [5.41, 5.74) is 0.885. The van der Waals surface area contributed by atoms with Crippen LogP contribution in [0.4, 0.5) is 0 Å². The van der Waals surface area contributed by atoms with Gasteiger partial charge in [-0.05, 0) is 24.4 Å². The molecule has 0 saturated carbocycles. The minimum absolute atomic E-state index is 0.471. The molecule has 0 radical (unpaired) electrons. The zero-order chi connectivity index (χ0) is 10.7. The number of hydrogen-bond donors (Lipinski definition) is 1. The van der Waals surface area contributed by atoms with Crippen LogP contribution in [0.15, 0.2) is 45.1 Å². The van der Waals surface area contributed by atoms with Crippen LogP contribution in [0, 0.1) is 0 Å². The van der Waals surface area contributed by atoms with Crippen LogP contribution < -0.4 is 0 Å². The zero-order valence-electron chi connectivity index (χ0n) is 8.25. The lowest BCUT2D eigenvalue weighted by Crippen LogP contribution is -1.95. The average molecular weight is 237 g/mol. The van der Waals surface area contributed by atoms with Gasteiger partial charge in [-0.25, -0.2) is 4.98 Å². The van der Waals surface area contributed by atoms with E-state index in [4.69, 9.17) is 0 Å². The third-order valence-corrected chi connectivity index (χ3v) is 4.02. The lowest BCUT2D eigenvalue weighted by atomic mass is 10.2. The summed E-state index contributed by atoms with van der Waals surface area (Å²) in [5.74, 6) is 0. The number of rotatable bonds is 3. The molecule has 2 rings (SSSR count). The molecular formula is C11H11NOS2. The molecule has 1 unspecified atom stereocenters. The molecule has 0 aromatic carbocycles. The van der Waals surface area contributed by atoms with Gasteiger partial charge in [0.15, 0.2) is 0 Å². The predicted octanol–water partition coefficient (Wildman–Crippen LogP) is 3.35. The average Bonchev–Trinajstić information content (AvgIpc) is 2.71. The van der Waals surface area contributed by atoms with Crippen LogP contribution in [0.2, 0.25) is 0 Å². The maximum Gasteiger partial charge on any atom is 0.107 e. The number of thiophene rings is 1. The highest BCUT2D eigenvalue weighted by atomic mass is 32.2. The molecule has 1 atom stereocenters. The molecule has 0 bridgehead atoms. The van der Waals surface area contributed by atoms with Crippen molar-refractivity contribution in [2.75, 3.05) is 0 Å². The number of aromatic nitrogens is 1. The molecule has 0 spiro atoms. The normalized spacial score (nSPS) is 12.7. The standard InChI is InChI=1S/C11H11NOS2/c1-8(13)9-4-2-6-12-11(9)15-10-5-3-7-14-10/h2-8,13H,1H3. The first-order chi connectivity index (χ1) is 7.27. The quantitative estimate of drug-likeness (QED) is 0.888. The van der Waals surface area contributed by atoms with Gasteiger partial charge in [-0.1, -0.05) is 23.9 Å². The Morgan fingerprint density at radius 1 is 1.40 bits per heavy atom. The Balaban J connectivity index is 2.28. The molecule has 2 nitrogen and oxygen atoms in total. The molecule has 15 heavy (non-hydrogen) atoms. The van der Waals surface area contributed by atoms with E-state index in [0.29, 0.717) is 0 Å². The molecular weight excluding hydrogens is 226 g/mol. The minimum Gasteiger partial charge on any atom is -0.389 e. The highest BCUT2D eigenvalue weighted by Crippen LogP contribution is 2.33. The minimum atomic E-state index is -0.471. The molecule has 0 amide bonds. The fourth-order valence-corrected chi connectivity index (χ4v) is 3.07. The molecule has 2 aromatic heterocycles. The Hall–Kier alpha value is -0.840. The largest absolute Gasteiger partial charge is 0.389 e. The van der Waals surface area contributed by atoms with Crippen molar-refractivity contribution in [1.82, 2.24) is 4.98 Å². The van der Waals surface area contributed by atoms with E-state index >= 15 is 0 Å². The monoisotopic (exact) mass is 237 g/mol. The van der Waals surface area contributed by atoms with Crippen molar-refractivity contribution in [3.05, 3.63) is 41.4 Å². The highest BCUT2D eigenvalue weighted by molar-refractivity contribution is 8.01. The lowest BCUT2D eigenvalue weighted by Gasteiger charge is -2.08. The van der Waals surface area contributed by atoms with E-state index in [2.05, 4.69) is 11.1 Å². The van der Waals surface area contributed by atoms with Crippen LogP contribution in [0.25, 0.3) is 0 Å². The van der Waals surface area contributed by atoms with E-state index in [0.717, 1.165) is 10.6 Å². The molecule has 0 aliphatic rings. The van der Waals surface area contributed by atoms with Gasteiger partial charge in [0.1, 0.15) is 5.03 Å². The van der Waals surface area contributed by atoms with Gasteiger partial charge in [0.05, 0.1) is 10.3 Å². The Bertz CT molecular complexity index is 426. The fraction of sp³-hybridized carbons (Fsp3) is 0.182. The van der Waals surface area contributed by atoms with Crippen LogP contribution in [0.1, 0.15) is 18.6 Å². The summed E-state index contributed by atoms with van der Waals surface area (Å²) in [5, 5.41) is 12.5. The third kappa shape index (κ3) is 2.59. The second-order valence-corrected chi connectivity index (χ2v) is 5.34.